The van der Waals surface area contributed by atoms with Crippen LogP contribution in [0, 0.1) is 0 Å². The first-order valence-corrected chi connectivity index (χ1v) is 6.28. The van der Waals surface area contributed by atoms with Crippen molar-refractivity contribution in [2.75, 3.05) is 12.3 Å². The summed E-state index contributed by atoms with van der Waals surface area (Å²) in [7, 11) is 0. The highest BCUT2D eigenvalue weighted by atomic mass is 16.6. The normalized spacial score (nSPS) is 29.1. The van der Waals surface area contributed by atoms with Gasteiger partial charge in [0.15, 0.2) is 17.3 Å². The van der Waals surface area contributed by atoms with Crippen molar-refractivity contribution in [1.82, 2.24) is 14.5 Å². The Morgan fingerprint density at radius 1 is 1.33 bits per heavy atom. The average molecular weight is 294 g/mol. The highest BCUT2D eigenvalue weighted by Crippen LogP contribution is 2.30. The molecule has 112 valence electrons. The average Bonchev–Trinajstić information content (AvgIpc) is 2.76. The number of aliphatic hydroxyl groups excluding tert-OH is 3. The second kappa shape index (κ2) is 5.04. The van der Waals surface area contributed by atoms with Gasteiger partial charge in [0, 0.05) is 12.3 Å². The quantitative estimate of drug-likeness (QED) is 0.497. The minimum atomic E-state index is -1.27. The number of nitrogens with zero attached hydrogens (tertiary/aromatic N) is 3. The molecular formula is C12H14N4O5. The lowest BCUT2D eigenvalue weighted by Gasteiger charge is -2.20. The molecule has 1 aliphatic rings. The SMILES string of the molecule is Nc1ncnc2c1c(=O)ccn2C1OC(CO)[C@@H](O)[C@H]1O. The van der Waals surface area contributed by atoms with Crippen molar-refractivity contribution in [3.05, 3.63) is 28.8 Å². The highest BCUT2D eigenvalue weighted by Gasteiger charge is 2.43. The molecule has 9 heteroatoms. The van der Waals surface area contributed by atoms with Crippen LogP contribution >= 0.6 is 0 Å². The molecule has 2 aromatic rings. The second-order valence-electron chi connectivity index (χ2n) is 4.77. The third kappa shape index (κ3) is 2.07. The van der Waals surface area contributed by atoms with Crippen LogP contribution < -0.4 is 11.2 Å². The van der Waals surface area contributed by atoms with E-state index in [0.29, 0.717) is 0 Å². The molecule has 2 aromatic heterocycles. The Morgan fingerprint density at radius 2 is 2.10 bits per heavy atom. The standard InChI is InChI=1S/C12H14N4O5/c13-10-7-5(18)1-2-16(11(7)15-4-14-10)12-9(20)8(19)6(3-17)21-12/h1-2,4,6,8-9,12,17,19-20H,3H2,(H2,13,14,15)/t6?,8-,9-,12?/m1/s1. The zero-order valence-electron chi connectivity index (χ0n) is 10.8. The van der Waals surface area contributed by atoms with Gasteiger partial charge >= 0.3 is 0 Å². The number of pyridine rings is 1. The van der Waals surface area contributed by atoms with E-state index in [-0.39, 0.29) is 22.3 Å². The number of hydrogen-bond donors (Lipinski definition) is 4. The third-order valence-corrected chi connectivity index (χ3v) is 3.53. The van der Waals surface area contributed by atoms with Gasteiger partial charge in [0.1, 0.15) is 35.8 Å². The molecule has 1 fully saturated rings. The Labute approximate surface area is 118 Å². The van der Waals surface area contributed by atoms with Crippen LogP contribution in [0.15, 0.2) is 23.4 Å². The summed E-state index contributed by atoms with van der Waals surface area (Å²) >= 11 is 0. The molecular weight excluding hydrogens is 280 g/mol. The Hall–Kier alpha value is -2.07. The molecule has 1 saturated heterocycles. The van der Waals surface area contributed by atoms with Crippen LogP contribution in [0.4, 0.5) is 5.82 Å². The zero-order chi connectivity index (χ0) is 15.1. The molecule has 1 aliphatic heterocycles. The van der Waals surface area contributed by atoms with Crippen LogP contribution in [0.2, 0.25) is 0 Å². The molecule has 3 rings (SSSR count). The number of rotatable bonds is 2. The Balaban J connectivity index is 2.16. The highest BCUT2D eigenvalue weighted by molar-refractivity contribution is 5.84. The minimum absolute atomic E-state index is 0.0195. The van der Waals surface area contributed by atoms with Gasteiger partial charge in [-0.3, -0.25) is 4.79 Å². The number of nitrogen functional groups attached to an aromatic ring is 1. The number of anilines is 1. The van der Waals surface area contributed by atoms with Gasteiger partial charge in [-0.2, -0.15) is 0 Å². The van der Waals surface area contributed by atoms with Gasteiger partial charge in [0.25, 0.3) is 0 Å². The summed E-state index contributed by atoms with van der Waals surface area (Å²) in [5, 5.41) is 29.1. The summed E-state index contributed by atoms with van der Waals surface area (Å²) in [4.78, 5) is 19.6. The van der Waals surface area contributed by atoms with E-state index in [1.165, 1.54) is 23.2 Å². The summed E-state index contributed by atoms with van der Waals surface area (Å²) in [6, 6.07) is 1.25. The van der Waals surface area contributed by atoms with E-state index in [1.54, 1.807) is 0 Å². The minimum Gasteiger partial charge on any atom is -0.394 e. The number of hydrogen-bond acceptors (Lipinski definition) is 8. The predicted octanol–water partition coefficient (Wildman–Crippen LogP) is -2.01. The van der Waals surface area contributed by atoms with Crippen molar-refractivity contribution in [1.29, 1.82) is 0 Å². The van der Waals surface area contributed by atoms with Crippen LogP contribution in [0.25, 0.3) is 11.0 Å². The zero-order valence-corrected chi connectivity index (χ0v) is 10.8. The molecule has 5 N–H and O–H groups in total. The number of aromatic nitrogens is 3. The fraction of sp³-hybridized carbons (Fsp3) is 0.417. The van der Waals surface area contributed by atoms with Crippen LogP contribution in [-0.4, -0.2) is 54.8 Å². The predicted molar refractivity (Wildman–Crippen MR) is 71.2 cm³/mol. The van der Waals surface area contributed by atoms with Gasteiger partial charge in [-0.1, -0.05) is 0 Å². The maximum Gasteiger partial charge on any atom is 0.194 e. The van der Waals surface area contributed by atoms with E-state index in [0.717, 1.165) is 0 Å². The van der Waals surface area contributed by atoms with Crippen molar-refractivity contribution >= 4 is 16.9 Å². The third-order valence-electron chi connectivity index (χ3n) is 3.53. The molecule has 3 heterocycles. The maximum absolute atomic E-state index is 11.9. The largest absolute Gasteiger partial charge is 0.394 e. The molecule has 0 amide bonds. The molecule has 21 heavy (non-hydrogen) atoms. The summed E-state index contributed by atoms with van der Waals surface area (Å²) in [6.07, 6.45) is -1.85. The number of aliphatic hydroxyl groups is 3. The van der Waals surface area contributed by atoms with Crippen LogP contribution in [0.1, 0.15) is 6.23 Å². The molecule has 0 spiro atoms. The van der Waals surface area contributed by atoms with Crippen LogP contribution in [-0.2, 0) is 4.74 Å². The molecule has 2 unspecified atom stereocenters. The fourth-order valence-corrected chi connectivity index (χ4v) is 2.44. The van der Waals surface area contributed by atoms with Crippen molar-refractivity contribution in [3.63, 3.8) is 0 Å². The fourth-order valence-electron chi connectivity index (χ4n) is 2.44. The molecule has 0 aliphatic carbocycles. The number of nitrogens with two attached hydrogens (primary N) is 1. The lowest BCUT2D eigenvalue weighted by atomic mass is 10.1. The summed E-state index contributed by atoms with van der Waals surface area (Å²) in [5.41, 5.74) is 5.51. The lowest BCUT2D eigenvalue weighted by molar-refractivity contribution is -0.0511. The maximum atomic E-state index is 11.9. The molecule has 4 atom stereocenters. The summed E-state index contributed by atoms with van der Waals surface area (Å²) < 4.78 is 6.81. The Kier molecular flexibility index (Phi) is 3.33. The molecule has 9 nitrogen and oxygen atoms in total. The molecule has 0 bridgehead atoms. The van der Waals surface area contributed by atoms with E-state index in [4.69, 9.17) is 15.6 Å². The van der Waals surface area contributed by atoms with Crippen molar-refractivity contribution in [2.45, 2.75) is 24.5 Å². The molecule has 0 saturated carbocycles. The van der Waals surface area contributed by atoms with Gasteiger partial charge in [0.05, 0.1) is 6.61 Å². The van der Waals surface area contributed by atoms with Crippen LogP contribution in [0.5, 0.6) is 0 Å². The van der Waals surface area contributed by atoms with E-state index in [9.17, 15) is 15.0 Å². The van der Waals surface area contributed by atoms with Crippen molar-refractivity contribution in [3.8, 4) is 0 Å². The summed E-state index contributed by atoms with van der Waals surface area (Å²) in [5.74, 6) is 0.0195. The molecule has 0 aromatic carbocycles. The van der Waals surface area contributed by atoms with Gasteiger partial charge in [-0.05, 0) is 0 Å². The van der Waals surface area contributed by atoms with Crippen LogP contribution in [0.3, 0.4) is 0 Å². The Bertz CT molecular complexity index is 733. The monoisotopic (exact) mass is 294 g/mol. The van der Waals surface area contributed by atoms with Gasteiger partial charge < -0.3 is 30.4 Å². The number of fused-ring (bicyclic) bond motifs is 1. The van der Waals surface area contributed by atoms with E-state index < -0.39 is 31.1 Å². The van der Waals surface area contributed by atoms with E-state index >= 15 is 0 Å². The van der Waals surface area contributed by atoms with Crippen molar-refractivity contribution in [2.24, 2.45) is 0 Å². The van der Waals surface area contributed by atoms with Gasteiger partial charge in [0.2, 0.25) is 0 Å². The number of ether oxygens (including phenoxy) is 1. The second-order valence-corrected chi connectivity index (χ2v) is 4.77. The first-order valence-electron chi connectivity index (χ1n) is 6.28. The topological polar surface area (TPSA) is 144 Å². The first kappa shape index (κ1) is 13.9. The first-order chi connectivity index (χ1) is 10.0. The smallest absolute Gasteiger partial charge is 0.194 e. The summed E-state index contributed by atoms with van der Waals surface area (Å²) in [6.45, 7) is -0.440. The van der Waals surface area contributed by atoms with Gasteiger partial charge in [-0.15, -0.1) is 0 Å². The van der Waals surface area contributed by atoms with E-state index in [1.807, 2.05) is 0 Å². The Morgan fingerprint density at radius 3 is 2.76 bits per heavy atom. The van der Waals surface area contributed by atoms with Crippen molar-refractivity contribution < 1.29 is 20.1 Å². The molecule has 0 radical (unpaired) electrons. The lowest BCUT2D eigenvalue weighted by Crippen LogP contribution is -2.33. The van der Waals surface area contributed by atoms with Gasteiger partial charge in [-0.25, -0.2) is 9.97 Å². The van der Waals surface area contributed by atoms with E-state index in [2.05, 4.69) is 9.97 Å².